The van der Waals surface area contributed by atoms with Gasteiger partial charge in [-0.15, -0.1) is 0 Å². The number of aromatic hydroxyl groups is 1. The number of hydrogen-bond donors (Lipinski definition) is 2. The van der Waals surface area contributed by atoms with Gasteiger partial charge in [0.1, 0.15) is 0 Å². The van der Waals surface area contributed by atoms with E-state index in [2.05, 4.69) is 27.9 Å². The Morgan fingerprint density at radius 3 is 2.68 bits per heavy atom. The van der Waals surface area contributed by atoms with Crippen molar-refractivity contribution in [2.45, 2.75) is 6.54 Å². The van der Waals surface area contributed by atoms with E-state index in [1.54, 1.807) is 24.3 Å². The first kappa shape index (κ1) is 16.4. The average molecular weight is 409 g/mol. The molecule has 0 saturated carbocycles. The molecule has 2 N–H and O–H groups in total. The molecule has 0 aliphatic rings. The lowest BCUT2D eigenvalue weighted by Crippen LogP contribution is -2.20. The van der Waals surface area contributed by atoms with Gasteiger partial charge in [-0.2, -0.15) is 0 Å². The smallest absolute Gasteiger partial charge is 0.244 e. The van der Waals surface area contributed by atoms with E-state index < -0.39 is 0 Å². The number of halogens is 1. The molecule has 2 aromatic rings. The number of phenolic OH excluding ortho intramolecular Hbond substituents is 1. The van der Waals surface area contributed by atoms with Crippen molar-refractivity contribution >= 4 is 34.6 Å². The summed E-state index contributed by atoms with van der Waals surface area (Å²) in [5, 5.41) is 12.3. The molecule has 114 valence electrons. The van der Waals surface area contributed by atoms with Crippen molar-refractivity contribution < 1.29 is 14.6 Å². The molecule has 1 amide bonds. The summed E-state index contributed by atoms with van der Waals surface area (Å²) in [7, 11) is 1.49. The minimum absolute atomic E-state index is 0.0798. The van der Waals surface area contributed by atoms with Gasteiger partial charge >= 0.3 is 0 Å². The van der Waals surface area contributed by atoms with Crippen LogP contribution in [0.2, 0.25) is 0 Å². The number of ether oxygens (including phenoxy) is 1. The van der Waals surface area contributed by atoms with E-state index in [0.29, 0.717) is 12.3 Å². The molecule has 0 aliphatic heterocycles. The molecule has 0 spiro atoms. The Bertz CT molecular complexity index is 681. The van der Waals surface area contributed by atoms with E-state index in [9.17, 15) is 9.90 Å². The molecule has 0 heterocycles. The van der Waals surface area contributed by atoms with Crippen LogP contribution in [0.25, 0.3) is 6.08 Å². The number of carbonyl (C=O) groups is 1. The molecule has 0 bridgehead atoms. The second-order valence-corrected chi connectivity index (χ2v) is 5.85. The zero-order valence-corrected chi connectivity index (χ0v) is 14.2. The third-order valence-electron chi connectivity index (χ3n) is 3.01. The minimum Gasteiger partial charge on any atom is -0.504 e. The van der Waals surface area contributed by atoms with Crippen molar-refractivity contribution in [3.8, 4) is 11.5 Å². The van der Waals surface area contributed by atoms with Crippen molar-refractivity contribution in [2.75, 3.05) is 7.11 Å². The molecule has 0 atom stereocenters. The molecule has 2 rings (SSSR count). The first-order chi connectivity index (χ1) is 10.6. The fourth-order valence-electron chi connectivity index (χ4n) is 1.83. The minimum atomic E-state index is -0.175. The summed E-state index contributed by atoms with van der Waals surface area (Å²) in [6.45, 7) is 0.368. The molecule has 22 heavy (non-hydrogen) atoms. The van der Waals surface area contributed by atoms with Crippen molar-refractivity contribution in [1.29, 1.82) is 0 Å². The van der Waals surface area contributed by atoms with E-state index in [-0.39, 0.29) is 11.7 Å². The summed E-state index contributed by atoms with van der Waals surface area (Å²) < 4.78 is 6.18. The van der Waals surface area contributed by atoms with Crippen LogP contribution in [0.3, 0.4) is 0 Å². The predicted octanol–water partition coefficient (Wildman–Crippen LogP) is 3.34. The molecule has 0 fully saturated rings. The van der Waals surface area contributed by atoms with Crippen molar-refractivity contribution in [3.05, 3.63) is 63.2 Å². The average Bonchev–Trinajstić information content (AvgIpc) is 2.53. The van der Waals surface area contributed by atoms with E-state index >= 15 is 0 Å². The number of nitrogens with one attached hydrogen (secondary N) is 1. The van der Waals surface area contributed by atoms with Gasteiger partial charge in [-0.1, -0.05) is 18.2 Å². The maximum atomic E-state index is 11.8. The largest absolute Gasteiger partial charge is 0.504 e. The number of amides is 1. The highest BCUT2D eigenvalue weighted by atomic mass is 127. The molecule has 4 nitrogen and oxygen atoms in total. The number of methoxy groups -OCH3 is 1. The topological polar surface area (TPSA) is 58.6 Å². The zero-order valence-electron chi connectivity index (χ0n) is 12.0. The van der Waals surface area contributed by atoms with Gasteiger partial charge in [0, 0.05) is 16.2 Å². The third-order valence-corrected chi connectivity index (χ3v) is 3.73. The summed E-state index contributed by atoms with van der Waals surface area (Å²) in [6, 6.07) is 12.9. The number of phenols is 1. The summed E-state index contributed by atoms with van der Waals surface area (Å²) in [6.07, 6.45) is 3.27. The molecular weight excluding hydrogens is 393 g/mol. The van der Waals surface area contributed by atoms with Crippen LogP contribution in [-0.2, 0) is 11.3 Å². The van der Waals surface area contributed by atoms with Crippen LogP contribution in [0, 0.1) is 3.57 Å². The number of hydrogen-bond acceptors (Lipinski definition) is 3. The van der Waals surface area contributed by atoms with Crippen LogP contribution in [0.5, 0.6) is 11.5 Å². The number of rotatable bonds is 5. The van der Waals surface area contributed by atoms with Crippen molar-refractivity contribution in [2.24, 2.45) is 0 Å². The van der Waals surface area contributed by atoms with Gasteiger partial charge in [-0.25, -0.2) is 0 Å². The van der Waals surface area contributed by atoms with Gasteiger partial charge in [0.2, 0.25) is 5.91 Å². The summed E-state index contributed by atoms with van der Waals surface area (Å²) in [5.74, 6) is 0.294. The highest BCUT2D eigenvalue weighted by molar-refractivity contribution is 14.1. The van der Waals surface area contributed by atoms with Crippen LogP contribution in [0.1, 0.15) is 11.1 Å². The molecule has 2 aromatic carbocycles. The van der Waals surface area contributed by atoms with Gasteiger partial charge < -0.3 is 15.2 Å². The SMILES string of the molecule is COc1cc(CNC(=O)/C=C/c2ccc(I)cc2)ccc1O. The van der Waals surface area contributed by atoms with Gasteiger partial charge in [0.25, 0.3) is 0 Å². The summed E-state index contributed by atoms with van der Waals surface area (Å²) in [5.41, 5.74) is 1.83. The Balaban J connectivity index is 1.91. The molecule has 5 heteroatoms. The lowest BCUT2D eigenvalue weighted by atomic mass is 10.2. The zero-order chi connectivity index (χ0) is 15.9. The van der Waals surface area contributed by atoms with E-state index in [1.165, 1.54) is 13.2 Å². The molecule has 0 aromatic heterocycles. The highest BCUT2D eigenvalue weighted by Crippen LogP contribution is 2.26. The Kier molecular flexibility index (Phi) is 5.83. The number of benzene rings is 2. The lowest BCUT2D eigenvalue weighted by Gasteiger charge is -2.07. The first-order valence-corrected chi connectivity index (χ1v) is 7.74. The maximum absolute atomic E-state index is 11.8. The Morgan fingerprint density at radius 1 is 1.27 bits per heavy atom. The van der Waals surface area contributed by atoms with E-state index in [0.717, 1.165) is 14.7 Å². The molecular formula is C17H16INO3. The predicted molar refractivity (Wildman–Crippen MR) is 94.7 cm³/mol. The van der Waals surface area contributed by atoms with Crippen LogP contribution in [0.4, 0.5) is 0 Å². The summed E-state index contributed by atoms with van der Waals surface area (Å²) >= 11 is 2.23. The second kappa shape index (κ2) is 7.84. The normalized spacial score (nSPS) is 10.6. The van der Waals surface area contributed by atoms with Crippen molar-refractivity contribution in [1.82, 2.24) is 5.32 Å². The van der Waals surface area contributed by atoms with Crippen LogP contribution >= 0.6 is 22.6 Å². The van der Waals surface area contributed by atoms with Crippen LogP contribution in [0.15, 0.2) is 48.5 Å². The quantitative estimate of drug-likeness (QED) is 0.589. The van der Waals surface area contributed by atoms with E-state index in [1.807, 2.05) is 24.3 Å². The fourth-order valence-corrected chi connectivity index (χ4v) is 2.19. The maximum Gasteiger partial charge on any atom is 0.244 e. The molecule has 0 unspecified atom stereocenters. The lowest BCUT2D eigenvalue weighted by molar-refractivity contribution is -0.116. The summed E-state index contributed by atoms with van der Waals surface area (Å²) in [4.78, 5) is 11.8. The Morgan fingerprint density at radius 2 is 2.00 bits per heavy atom. The third kappa shape index (κ3) is 4.77. The standard InChI is InChI=1S/C17H16INO3/c1-22-16-10-13(4-8-15(16)20)11-19-17(21)9-5-12-2-6-14(18)7-3-12/h2-10,20H,11H2,1H3,(H,19,21)/b9-5+. The fraction of sp³-hybridized carbons (Fsp3) is 0.118. The molecule has 0 aliphatic carbocycles. The monoisotopic (exact) mass is 409 g/mol. The van der Waals surface area contributed by atoms with Crippen molar-refractivity contribution in [3.63, 3.8) is 0 Å². The van der Waals surface area contributed by atoms with Gasteiger partial charge in [-0.05, 0) is 64.1 Å². The molecule has 0 saturated heterocycles. The van der Waals surface area contributed by atoms with Gasteiger partial charge in [-0.3, -0.25) is 4.79 Å². The van der Waals surface area contributed by atoms with E-state index in [4.69, 9.17) is 4.74 Å². The Labute approximate surface area is 143 Å². The van der Waals surface area contributed by atoms with Crippen LogP contribution in [-0.4, -0.2) is 18.1 Å². The first-order valence-electron chi connectivity index (χ1n) is 6.66. The Hall–Kier alpha value is -2.02. The van der Waals surface area contributed by atoms with Gasteiger partial charge in [0.05, 0.1) is 7.11 Å². The van der Waals surface area contributed by atoms with Gasteiger partial charge in [0.15, 0.2) is 11.5 Å². The second-order valence-electron chi connectivity index (χ2n) is 4.61. The highest BCUT2D eigenvalue weighted by Gasteiger charge is 2.03. The van der Waals surface area contributed by atoms with Crippen LogP contribution < -0.4 is 10.1 Å². The number of carbonyl (C=O) groups excluding carboxylic acids is 1. The molecule has 0 radical (unpaired) electrons.